The van der Waals surface area contributed by atoms with E-state index in [0.717, 1.165) is 16.5 Å². The minimum atomic E-state index is -0.484. The molecule has 35 heavy (non-hydrogen) atoms. The van der Waals surface area contributed by atoms with Crippen molar-refractivity contribution in [3.05, 3.63) is 89.2 Å². The first-order chi connectivity index (χ1) is 16.8. The number of aromatic nitrogens is 2. The van der Waals surface area contributed by atoms with Gasteiger partial charge in [-0.15, -0.1) is 0 Å². The molecule has 0 atom stereocenters. The lowest BCUT2D eigenvalue weighted by atomic mass is 9.92. The number of fused-ring (bicyclic) bond motifs is 1. The van der Waals surface area contributed by atoms with Gasteiger partial charge < -0.3 is 9.47 Å². The van der Waals surface area contributed by atoms with Crippen LogP contribution in [0.25, 0.3) is 10.8 Å². The van der Waals surface area contributed by atoms with Gasteiger partial charge in [0.1, 0.15) is 0 Å². The van der Waals surface area contributed by atoms with E-state index in [-0.39, 0.29) is 16.9 Å². The third-order valence-electron chi connectivity index (χ3n) is 5.40. The lowest BCUT2D eigenvalue weighted by molar-refractivity contribution is 0.0731. The number of rotatable bonds is 6. The maximum atomic E-state index is 12.9. The van der Waals surface area contributed by atoms with Gasteiger partial charge in [-0.25, -0.2) is 10.2 Å². The minimum Gasteiger partial charge on any atom is -0.493 e. The molecule has 4 rings (SSSR count). The summed E-state index contributed by atoms with van der Waals surface area (Å²) in [6.45, 7) is 6.07. The van der Waals surface area contributed by atoms with Crippen LogP contribution in [0.3, 0.4) is 0 Å². The van der Waals surface area contributed by atoms with E-state index in [4.69, 9.17) is 9.47 Å². The second-order valence-corrected chi connectivity index (χ2v) is 8.94. The Balaban J connectivity index is 1.45. The van der Waals surface area contributed by atoms with Gasteiger partial charge in [0.15, 0.2) is 17.2 Å². The molecule has 8 nitrogen and oxygen atoms in total. The molecule has 4 aromatic rings. The molecule has 0 unspecified atom stereocenters. The summed E-state index contributed by atoms with van der Waals surface area (Å²) >= 11 is 0. The van der Waals surface area contributed by atoms with Crippen LogP contribution in [0.4, 0.5) is 0 Å². The Morgan fingerprint density at radius 2 is 1.77 bits per heavy atom. The van der Waals surface area contributed by atoms with Crippen LogP contribution in [-0.4, -0.2) is 35.4 Å². The monoisotopic (exact) mass is 470 g/mol. The molecule has 3 aromatic carbocycles. The minimum absolute atomic E-state index is 0.149. The highest BCUT2D eigenvalue weighted by molar-refractivity contribution is 6.05. The van der Waals surface area contributed by atoms with Crippen LogP contribution in [0, 0.1) is 0 Å². The van der Waals surface area contributed by atoms with E-state index >= 15 is 0 Å². The summed E-state index contributed by atoms with van der Waals surface area (Å²) in [5.74, 6) is -0.281. The first-order valence-corrected chi connectivity index (χ1v) is 11.0. The number of amides is 1. The van der Waals surface area contributed by atoms with Crippen molar-refractivity contribution in [2.24, 2.45) is 5.10 Å². The molecule has 0 fully saturated rings. The van der Waals surface area contributed by atoms with Gasteiger partial charge in [-0.1, -0.05) is 57.2 Å². The molecule has 0 bridgehead atoms. The Hall–Kier alpha value is -4.46. The number of H-pyrrole nitrogens is 1. The van der Waals surface area contributed by atoms with Crippen LogP contribution in [0.2, 0.25) is 0 Å². The molecule has 0 spiro atoms. The van der Waals surface area contributed by atoms with Crippen molar-refractivity contribution in [1.29, 1.82) is 0 Å². The number of carbonyl (C=O) groups excluding carboxylic acids is 2. The number of aromatic amines is 1. The number of nitrogens with zero attached hydrogens (tertiary/aromatic N) is 2. The van der Waals surface area contributed by atoms with Crippen molar-refractivity contribution in [2.75, 3.05) is 7.11 Å². The van der Waals surface area contributed by atoms with Crippen molar-refractivity contribution >= 4 is 28.9 Å². The summed E-state index contributed by atoms with van der Waals surface area (Å²) in [5.41, 5.74) is 4.52. The fourth-order valence-electron chi connectivity index (χ4n) is 3.45. The van der Waals surface area contributed by atoms with Gasteiger partial charge in [-0.2, -0.15) is 10.2 Å². The number of hydrogen-bond donors (Lipinski definition) is 2. The van der Waals surface area contributed by atoms with E-state index in [1.54, 1.807) is 30.3 Å². The molecule has 0 saturated heterocycles. The SMILES string of the molecule is COc1cc(/C=N/NC(=O)c2cc(C(C)(C)C)[nH]n2)ccc1OC(=O)c1cccc2ccccc12. The van der Waals surface area contributed by atoms with Crippen LogP contribution >= 0.6 is 0 Å². The predicted molar refractivity (Wildman–Crippen MR) is 134 cm³/mol. The molecule has 1 heterocycles. The van der Waals surface area contributed by atoms with Gasteiger partial charge in [0, 0.05) is 11.1 Å². The molecule has 1 aromatic heterocycles. The number of carbonyl (C=O) groups is 2. The average molecular weight is 471 g/mol. The zero-order valence-electron chi connectivity index (χ0n) is 20.0. The Kier molecular flexibility index (Phi) is 6.64. The van der Waals surface area contributed by atoms with E-state index < -0.39 is 11.9 Å². The zero-order valence-corrected chi connectivity index (χ0v) is 20.0. The number of nitrogens with one attached hydrogen (secondary N) is 2. The highest BCUT2D eigenvalue weighted by Crippen LogP contribution is 2.29. The Bertz CT molecular complexity index is 1410. The maximum absolute atomic E-state index is 12.9. The van der Waals surface area contributed by atoms with E-state index in [1.807, 2.05) is 57.2 Å². The molecule has 2 N–H and O–H groups in total. The van der Waals surface area contributed by atoms with Crippen molar-refractivity contribution in [2.45, 2.75) is 26.2 Å². The predicted octanol–water partition coefficient (Wildman–Crippen LogP) is 4.85. The zero-order chi connectivity index (χ0) is 25.0. The van der Waals surface area contributed by atoms with Crippen LogP contribution in [0.15, 0.2) is 71.8 Å². The molecule has 0 saturated carbocycles. The van der Waals surface area contributed by atoms with Crippen LogP contribution in [0.5, 0.6) is 11.5 Å². The van der Waals surface area contributed by atoms with Gasteiger partial charge in [0.05, 0.1) is 18.9 Å². The Morgan fingerprint density at radius 1 is 1.00 bits per heavy atom. The van der Waals surface area contributed by atoms with Crippen molar-refractivity contribution in [1.82, 2.24) is 15.6 Å². The van der Waals surface area contributed by atoms with Crippen molar-refractivity contribution < 1.29 is 19.1 Å². The average Bonchev–Trinajstić information content (AvgIpc) is 3.36. The fraction of sp³-hybridized carbons (Fsp3) is 0.185. The van der Waals surface area contributed by atoms with Gasteiger partial charge in [-0.05, 0) is 46.7 Å². The molecule has 0 aliphatic carbocycles. The first kappa shape index (κ1) is 23.7. The first-order valence-electron chi connectivity index (χ1n) is 11.0. The summed E-state index contributed by atoms with van der Waals surface area (Å²) in [6, 6.07) is 19.8. The summed E-state index contributed by atoms with van der Waals surface area (Å²) in [4.78, 5) is 25.2. The molecule has 0 radical (unpaired) electrons. The van der Waals surface area contributed by atoms with Crippen LogP contribution in [-0.2, 0) is 5.41 Å². The lowest BCUT2D eigenvalue weighted by Crippen LogP contribution is -2.18. The van der Waals surface area contributed by atoms with Crippen molar-refractivity contribution in [3.8, 4) is 11.5 Å². The number of hydrazone groups is 1. The topological polar surface area (TPSA) is 106 Å². The summed E-state index contributed by atoms with van der Waals surface area (Å²) in [5, 5.41) is 12.7. The van der Waals surface area contributed by atoms with E-state index in [1.165, 1.54) is 13.3 Å². The lowest BCUT2D eigenvalue weighted by Gasteiger charge is -2.14. The molecule has 1 amide bonds. The summed E-state index contributed by atoms with van der Waals surface area (Å²) < 4.78 is 11.0. The largest absolute Gasteiger partial charge is 0.493 e. The Labute approximate surface area is 203 Å². The highest BCUT2D eigenvalue weighted by atomic mass is 16.6. The quantitative estimate of drug-likeness (QED) is 0.181. The second-order valence-electron chi connectivity index (χ2n) is 8.94. The van der Waals surface area contributed by atoms with E-state index in [9.17, 15) is 9.59 Å². The van der Waals surface area contributed by atoms with Crippen LogP contribution < -0.4 is 14.9 Å². The summed E-state index contributed by atoms with van der Waals surface area (Å²) in [6.07, 6.45) is 1.47. The van der Waals surface area contributed by atoms with Gasteiger partial charge >= 0.3 is 5.97 Å². The third kappa shape index (κ3) is 5.38. The molecular weight excluding hydrogens is 444 g/mol. The fourth-order valence-corrected chi connectivity index (χ4v) is 3.45. The normalized spacial score (nSPS) is 11.5. The van der Waals surface area contributed by atoms with E-state index in [0.29, 0.717) is 16.9 Å². The molecule has 0 aliphatic rings. The number of ether oxygens (including phenoxy) is 2. The molecule has 8 heteroatoms. The van der Waals surface area contributed by atoms with Gasteiger partial charge in [0.2, 0.25) is 0 Å². The molecule has 178 valence electrons. The molecule has 0 aliphatic heterocycles. The van der Waals surface area contributed by atoms with Gasteiger partial charge in [0.25, 0.3) is 5.91 Å². The number of hydrogen-bond acceptors (Lipinski definition) is 6. The van der Waals surface area contributed by atoms with Crippen molar-refractivity contribution in [3.63, 3.8) is 0 Å². The maximum Gasteiger partial charge on any atom is 0.344 e. The third-order valence-corrected chi connectivity index (χ3v) is 5.40. The smallest absolute Gasteiger partial charge is 0.344 e. The second kappa shape index (κ2) is 9.80. The number of esters is 1. The standard InChI is InChI=1S/C27H26N4O4/c1-27(2,3)24-15-21(29-30-24)25(32)31-28-16-17-12-13-22(23(14-17)34-4)35-26(33)20-11-7-9-18-8-5-6-10-19(18)20/h5-16H,1-4H3,(H,29,30)(H,31,32)/b28-16+. The Morgan fingerprint density at radius 3 is 2.51 bits per heavy atom. The number of benzene rings is 3. The number of methoxy groups -OCH3 is 1. The van der Waals surface area contributed by atoms with Crippen LogP contribution in [0.1, 0.15) is 52.9 Å². The highest BCUT2D eigenvalue weighted by Gasteiger charge is 2.19. The van der Waals surface area contributed by atoms with E-state index in [2.05, 4.69) is 20.7 Å². The van der Waals surface area contributed by atoms with Gasteiger partial charge in [-0.3, -0.25) is 9.89 Å². The molecular formula is C27H26N4O4. The summed E-state index contributed by atoms with van der Waals surface area (Å²) in [7, 11) is 1.48.